The van der Waals surface area contributed by atoms with E-state index in [2.05, 4.69) is 36.5 Å². The van der Waals surface area contributed by atoms with Crippen LogP contribution >= 0.6 is 0 Å². The van der Waals surface area contributed by atoms with Gasteiger partial charge in [0, 0.05) is 6.04 Å². The van der Waals surface area contributed by atoms with Crippen molar-refractivity contribution in [3.8, 4) is 0 Å². The molecule has 1 aromatic carbocycles. The van der Waals surface area contributed by atoms with E-state index < -0.39 is 0 Å². The van der Waals surface area contributed by atoms with Crippen LogP contribution in [0.4, 0.5) is 0 Å². The van der Waals surface area contributed by atoms with E-state index in [1.54, 1.807) is 0 Å². The summed E-state index contributed by atoms with van der Waals surface area (Å²) in [4.78, 5) is 0. The number of furan rings is 1. The minimum atomic E-state index is 0.339. The maximum atomic E-state index is 5.51. The number of hydrogen-bond donors (Lipinski definition) is 1. The molecule has 84 valence electrons. The standard InChI is InChI=1S/C14H17NO/c1-11-8-9-14(16-11)10-15-12(2)13-6-4-3-5-7-13/h3-9,12,15H,10H2,1-2H3/t12-/m1/s1. The van der Waals surface area contributed by atoms with Crippen LogP contribution in [0.2, 0.25) is 0 Å². The van der Waals surface area contributed by atoms with Crippen molar-refractivity contribution in [1.82, 2.24) is 5.32 Å². The Labute approximate surface area is 96.3 Å². The zero-order valence-electron chi connectivity index (χ0n) is 9.73. The van der Waals surface area contributed by atoms with Crippen LogP contribution in [0.5, 0.6) is 0 Å². The topological polar surface area (TPSA) is 25.2 Å². The van der Waals surface area contributed by atoms with E-state index in [1.165, 1.54) is 5.56 Å². The van der Waals surface area contributed by atoms with Gasteiger partial charge in [0.2, 0.25) is 0 Å². The molecule has 2 nitrogen and oxygen atoms in total. The van der Waals surface area contributed by atoms with Crippen molar-refractivity contribution in [3.05, 3.63) is 59.5 Å². The summed E-state index contributed by atoms with van der Waals surface area (Å²) < 4.78 is 5.51. The molecule has 0 saturated carbocycles. The lowest BCUT2D eigenvalue weighted by Gasteiger charge is -2.12. The fourth-order valence-corrected chi connectivity index (χ4v) is 1.69. The fourth-order valence-electron chi connectivity index (χ4n) is 1.69. The van der Waals surface area contributed by atoms with E-state index >= 15 is 0 Å². The zero-order chi connectivity index (χ0) is 11.4. The van der Waals surface area contributed by atoms with E-state index in [0.29, 0.717) is 6.04 Å². The number of hydrogen-bond acceptors (Lipinski definition) is 2. The molecule has 0 aliphatic carbocycles. The smallest absolute Gasteiger partial charge is 0.117 e. The molecule has 1 atom stereocenters. The summed E-state index contributed by atoms with van der Waals surface area (Å²) in [5.41, 5.74) is 1.30. The molecule has 0 bridgehead atoms. The summed E-state index contributed by atoms with van der Waals surface area (Å²) in [5.74, 6) is 1.95. The molecule has 0 radical (unpaired) electrons. The minimum Gasteiger partial charge on any atom is -0.465 e. The molecule has 0 aliphatic heterocycles. The first kappa shape index (κ1) is 11.0. The van der Waals surface area contributed by atoms with Gasteiger partial charge in [-0.1, -0.05) is 30.3 Å². The zero-order valence-corrected chi connectivity index (χ0v) is 9.73. The third-order valence-electron chi connectivity index (χ3n) is 2.68. The van der Waals surface area contributed by atoms with Gasteiger partial charge in [-0.15, -0.1) is 0 Å². The van der Waals surface area contributed by atoms with Gasteiger partial charge >= 0.3 is 0 Å². The van der Waals surface area contributed by atoms with Crippen LogP contribution in [-0.4, -0.2) is 0 Å². The molecule has 0 spiro atoms. The molecule has 2 aromatic rings. The highest BCUT2D eigenvalue weighted by Crippen LogP contribution is 2.13. The average molecular weight is 215 g/mol. The van der Waals surface area contributed by atoms with Crippen molar-refractivity contribution < 1.29 is 4.42 Å². The Hall–Kier alpha value is -1.54. The molecule has 1 heterocycles. The van der Waals surface area contributed by atoms with Crippen molar-refractivity contribution in [2.24, 2.45) is 0 Å². The Morgan fingerprint density at radius 2 is 1.88 bits per heavy atom. The normalized spacial score (nSPS) is 12.6. The summed E-state index contributed by atoms with van der Waals surface area (Å²) >= 11 is 0. The van der Waals surface area contributed by atoms with Gasteiger partial charge in [0.15, 0.2) is 0 Å². The quantitative estimate of drug-likeness (QED) is 0.845. The number of nitrogens with one attached hydrogen (secondary N) is 1. The van der Waals surface area contributed by atoms with Gasteiger partial charge in [0.25, 0.3) is 0 Å². The third-order valence-corrected chi connectivity index (χ3v) is 2.68. The molecule has 0 amide bonds. The van der Waals surface area contributed by atoms with Crippen LogP contribution < -0.4 is 5.32 Å². The number of aryl methyl sites for hydroxylation is 1. The van der Waals surface area contributed by atoms with Gasteiger partial charge in [-0.2, -0.15) is 0 Å². The summed E-state index contributed by atoms with van der Waals surface area (Å²) in [6, 6.07) is 14.8. The minimum absolute atomic E-state index is 0.339. The van der Waals surface area contributed by atoms with Gasteiger partial charge in [-0.05, 0) is 31.5 Å². The first-order valence-electron chi connectivity index (χ1n) is 5.59. The first-order valence-corrected chi connectivity index (χ1v) is 5.59. The van der Waals surface area contributed by atoms with E-state index in [4.69, 9.17) is 4.42 Å². The molecule has 16 heavy (non-hydrogen) atoms. The first-order chi connectivity index (χ1) is 7.75. The molecule has 1 N–H and O–H groups in total. The predicted octanol–water partition coefficient (Wildman–Crippen LogP) is 3.44. The molecule has 0 fully saturated rings. The molecule has 0 saturated heterocycles. The molecule has 0 aliphatic rings. The predicted molar refractivity (Wildman–Crippen MR) is 65.1 cm³/mol. The number of rotatable bonds is 4. The van der Waals surface area contributed by atoms with Gasteiger partial charge in [-0.25, -0.2) is 0 Å². The van der Waals surface area contributed by atoms with Gasteiger partial charge in [0.1, 0.15) is 11.5 Å². The Balaban J connectivity index is 1.91. The maximum absolute atomic E-state index is 5.51. The lowest BCUT2D eigenvalue weighted by molar-refractivity contribution is 0.444. The van der Waals surface area contributed by atoms with E-state index in [1.807, 2.05) is 25.1 Å². The Kier molecular flexibility index (Phi) is 3.42. The van der Waals surface area contributed by atoms with Crippen molar-refractivity contribution in [1.29, 1.82) is 0 Å². The monoisotopic (exact) mass is 215 g/mol. The van der Waals surface area contributed by atoms with Crippen LogP contribution in [0.3, 0.4) is 0 Å². The summed E-state index contributed by atoms with van der Waals surface area (Å²) in [5, 5.41) is 3.43. The van der Waals surface area contributed by atoms with Crippen LogP contribution in [0, 0.1) is 6.92 Å². The van der Waals surface area contributed by atoms with Gasteiger partial charge < -0.3 is 9.73 Å². The Morgan fingerprint density at radius 1 is 1.12 bits per heavy atom. The average Bonchev–Trinajstić information content (AvgIpc) is 2.73. The SMILES string of the molecule is Cc1ccc(CN[C@H](C)c2ccccc2)o1. The van der Waals surface area contributed by atoms with Crippen molar-refractivity contribution in [2.45, 2.75) is 26.4 Å². The van der Waals surface area contributed by atoms with Gasteiger partial charge in [0.05, 0.1) is 6.54 Å². The Morgan fingerprint density at radius 3 is 2.50 bits per heavy atom. The Bertz CT molecular complexity index is 433. The highest BCUT2D eigenvalue weighted by atomic mass is 16.3. The molecule has 2 heteroatoms. The lowest BCUT2D eigenvalue weighted by Crippen LogP contribution is -2.17. The molecule has 1 aromatic heterocycles. The fraction of sp³-hybridized carbons (Fsp3) is 0.286. The number of benzene rings is 1. The van der Waals surface area contributed by atoms with Crippen molar-refractivity contribution in [3.63, 3.8) is 0 Å². The third kappa shape index (κ3) is 2.74. The van der Waals surface area contributed by atoms with Crippen LogP contribution in [0.15, 0.2) is 46.9 Å². The summed E-state index contributed by atoms with van der Waals surface area (Å²) in [6.45, 7) is 4.89. The molecule has 0 unspecified atom stereocenters. The molecular formula is C14H17NO. The largest absolute Gasteiger partial charge is 0.465 e. The van der Waals surface area contributed by atoms with Gasteiger partial charge in [-0.3, -0.25) is 0 Å². The second kappa shape index (κ2) is 4.99. The van der Waals surface area contributed by atoms with E-state index in [-0.39, 0.29) is 0 Å². The second-order valence-corrected chi connectivity index (χ2v) is 4.03. The van der Waals surface area contributed by atoms with Crippen LogP contribution in [0.1, 0.15) is 30.0 Å². The highest BCUT2D eigenvalue weighted by Gasteiger charge is 2.05. The second-order valence-electron chi connectivity index (χ2n) is 4.03. The van der Waals surface area contributed by atoms with Crippen LogP contribution in [0.25, 0.3) is 0 Å². The summed E-state index contributed by atoms with van der Waals surface area (Å²) in [7, 11) is 0. The highest BCUT2D eigenvalue weighted by molar-refractivity contribution is 5.18. The van der Waals surface area contributed by atoms with E-state index in [9.17, 15) is 0 Å². The van der Waals surface area contributed by atoms with E-state index in [0.717, 1.165) is 18.1 Å². The summed E-state index contributed by atoms with van der Waals surface area (Å²) in [6.07, 6.45) is 0. The maximum Gasteiger partial charge on any atom is 0.117 e. The molecular weight excluding hydrogens is 198 g/mol. The van der Waals surface area contributed by atoms with Crippen molar-refractivity contribution in [2.75, 3.05) is 0 Å². The molecule has 2 rings (SSSR count). The lowest BCUT2D eigenvalue weighted by atomic mass is 10.1. The van der Waals surface area contributed by atoms with Crippen molar-refractivity contribution >= 4 is 0 Å². The van der Waals surface area contributed by atoms with Crippen LogP contribution in [-0.2, 0) is 6.54 Å².